The quantitative estimate of drug-likeness (QED) is 0.801. The Balaban J connectivity index is 1.89. The van der Waals surface area contributed by atoms with E-state index in [1.54, 1.807) is 7.11 Å². The van der Waals surface area contributed by atoms with E-state index in [4.69, 9.17) is 9.47 Å². The first kappa shape index (κ1) is 16.0. The first-order chi connectivity index (χ1) is 11.1. The van der Waals surface area contributed by atoms with E-state index in [1.807, 2.05) is 24.3 Å². The zero-order valence-electron chi connectivity index (χ0n) is 14.0. The van der Waals surface area contributed by atoms with Crippen molar-refractivity contribution in [1.82, 2.24) is 4.90 Å². The number of cyclic esters (lactones) is 1. The van der Waals surface area contributed by atoms with Gasteiger partial charge in [-0.25, -0.2) is 9.79 Å². The molecule has 2 aliphatic rings. The third-order valence-electron chi connectivity index (χ3n) is 4.46. The Morgan fingerprint density at radius 2 is 2.09 bits per heavy atom. The third kappa shape index (κ3) is 3.39. The molecule has 0 aliphatic carbocycles. The second-order valence-corrected chi connectivity index (χ2v) is 6.61. The molecule has 2 fully saturated rings. The second kappa shape index (κ2) is 6.71. The zero-order valence-corrected chi connectivity index (χ0v) is 14.0. The zero-order chi connectivity index (χ0) is 16.4. The van der Waals surface area contributed by atoms with Gasteiger partial charge in [0.25, 0.3) is 0 Å². The Kier molecular flexibility index (Phi) is 4.66. The van der Waals surface area contributed by atoms with Gasteiger partial charge in [-0.3, -0.25) is 4.90 Å². The first-order valence-corrected chi connectivity index (χ1v) is 8.28. The Morgan fingerprint density at radius 1 is 1.35 bits per heavy atom. The number of aliphatic imine (C=N–C) groups is 1. The number of morpholine rings is 1. The normalized spacial score (nSPS) is 26.4. The van der Waals surface area contributed by atoms with Crippen LogP contribution in [-0.2, 0) is 9.53 Å². The molecular formula is C18H24N2O3. The molecule has 0 spiro atoms. The lowest BCUT2D eigenvalue weighted by molar-refractivity contribution is -0.145. The van der Waals surface area contributed by atoms with Crippen LogP contribution < -0.4 is 4.74 Å². The number of carbonyl (C=O) groups excluding carboxylic acids is 1. The summed E-state index contributed by atoms with van der Waals surface area (Å²) in [6.45, 7) is 5.32. The molecule has 5 nitrogen and oxygen atoms in total. The van der Waals surface area contributed by atoms with Gasteiger partial charge in [0.15, 0.2) is 0 Å². The van der Waals surface area contributed by atoms with Crippen molar-refractivity contribution in [3.05, 3.63) is 24.3 Å². The summed E-state index contributed by atoms with van der Waals surface area (Å²) in [4.78, 5) is 19.1. The molecule has 0 bridgehead atoms. The molecule has 124 valence electrons. The molecule has 2 atom stereocenters. The largest absolute Gasteiger partial charge is 0.497 e. The minimum Gasteiger partial charge on any atom is -0.497 e. The summed E-state index contributed by atoms with van der Waals surface area (Å²) in [5.41, 5.74) is 0.778. The number of hydrogen-bond donors (Lipinski definition) is 0. The van der Waals surface area contributed by atoms with E-state index in [2.05, 4.69) is 23.7 Å². The molecule has 3 rings (SSSR count). The van der Waals surface area contributed by atoms with E-state index in [0.29, 0.717) is 11.8 Å². The highest BCUT2D eigenvalue weighted by Crippen LogP contribution is 2.31. The smallest absolute Gasteiger partial charge is 0.329 e. The van der Waals surface area contributed by atoms with Gasteiger partial charge in [0.2, 0.25) is 5.90 Å². The fourth-order valence-corrected chi connectivity index (χ4v) is 3.36. The van der Waals surface area contributed by atoms with Crippen LogP contribution in [0, 0.1) is 5.92 Å². The monoisotopic (exact) mass is 316 g/mol. The van der Waals surface area contributed by atoms with E-state index >= 15 is 0 Å². The van der Waals surface area contributed by atoms with Crippen molar-refractivity contribution in [1.29, 1.82) is 0 Å². The Labute approximate surface area is 137 Å². The number of rotatable bonds is 4. The van der Waals surface area contributed by atoms with Gasteiger partial charge in [0.1, 0.15) is 11.8 Å². The van der Waals surface area contributed by atoms with Crippen LogP contribution in [0.4, 0.5) is 5.69 Å². The second-order valence-electron chi connectivity index (χ2n) is 6.61. The van der Waals surface area contributed by atoms with Crippen LogP contribution in [0.5, 0.6) is 5.75 Å². The van der Waals surface area contributed by atoms with E-state index in [-0.39, 0.29) is 18.1 Å². The summed E-state index contributed by atoms with van der Waals surface area (Å²) in [5.74, 6) is 1.67. The average Bonchev–Trinajstić information content (AvgIpc) is 3.02. The molecule has 23 heavy (non-hydrogen) atoms. The topological polar surface area (TPSA) is 51.1 Å². The molecule has 0 amide bonds. The predicted molar refractivity (Wildman–Crippen MR) is 89.2 cm³/mol. The van der Waals surface area contributed by atoms with Gasteiger partial charge in [-0.1, -0.05) is 13.8 Å². The number of nitrogens with zero attached hydrogens (tertiary/aromatic N) is 2. The maximum atomic E-state index is 12.2. The van der Waals surface area contributed by atoms with Gasteiger partial charge < -0.3 is 9.47 Å². The van der Waals surface area contributed by atoms with Gasteiger partial charge in [-0.2, -0.15) is 0 Å². The van der Waals surface area contributed by atoms with Gasteiger partial charge in [-0.15, -0.1) is 0 Å². The maximum Gasteiger partial charge on any atom is 0.329 e. The molecule has 0 radical (unpaired) electrons. The van der Waals surface area contributed by atoms with Crippen molar-refractivity contribution >= 4 is 17.6 Å². The van der Waals surface area contributed by atoms with Crippen LogP contribution in [0.1, 0.15) is 33.1 Å². The lowest BCUT2D eigenvalue weighted by atomic mass is 10.00. The number of fused-ring (bicyclic) bond motifs is 1. The Hall–Kier alpha value is -1.88. The molecule has 2 aliphatic heterocycles. The van der Waals surface area contributed by atoms with Gasteiger partial charge in [0, 0.05) is 0 Å². The minimum atomic E-state index is -0.158. The Morgan fingerprint density at radius 3 is 2.74 bits per heavy atom. The highest BCUT2D eigenvalue weighted by Gasteiger charge is 2.44. The maximum absolute atomic E-state index is 12.2. The fraction of sp³-hybridized carbons (Fsp3) is 0.556. The van der Waals surface area contributed by atoms with Gasteiger partial charge >= 0.3 is 5.97 Å². The first-order valence-electron chi connectivity index (χ1n) is 8.28. The lowest BCUT2D eigenvalue weighted by Crippen LogP contribution is -2.54. The molecule has 0 saturated carbocycles. The summed E-state index contributed by atoms with van der Waals surface area (Å²) in [6, 6.07) is 7.47. The van der Waals surface area contributed by atoms with Crippen molar-refractivity contribution in [3.8, 4) is 5.75 Å². The molecule has 1 aromatic carbocycles. The third-order valence-corrected chi connectivity index (χ3v) is 4.46. The highest BCUT2D eigenvalue weighted by molar-refractivity contribution is 5.98. The van der Waals surface area contributed by atoms with Crippen LogP contribution in [0.3, 0.4) is 0 Å². The average molecular weight is 316 g/mol. The molecule has 2 heterocycles. The number of carbonyl (C=O) groups is 1. The van der Waals surface area contributed by atoms with Crippen molar-refractivity contribution in [2.24, 2.45) is 10.9 Å². The predicted octanol–water partition coefficient (Wildman–Crippen LogP) is 3.16. The van der Waals surface area contributed by atoms with Crippen molar-refractivity contribution in [3.63, 3.8) is 0 Å². The molecule has 5 heteroatoms. The molecule has 1 unspecified atom stereocenters. The van der Waals surface area contributed by atoms with Gasteiger partial charge in [0.05, 0.1) is 18.8 Å². The highest BCUT2D eigenvalue weighted by atomic mass is 16.5. The number of ether oxygens (including phenoxy) is 2. The van der Waals surface area contributed by atoms with E-state index in [9.17, 15) is 4.79 Å². The van der Waals surface area contributed by atoms with Crippen molar-refractivity contribution < 1.29 is 14.3 Å². The summed E-state index contributed by atoms with van der Waals surface area (Å²) in [6.07, 6.45) is 2.88. The Bertz CT molecular complexity index is 595. The summed E-state index contributed by atoms with van der Waals surface area (Å²) in [7, 11) is 1.63. The van der Waals surface area contributed by atoms with E-state index in [0.717, 1.165) is 37.2 Å². The standard InChI is InChI=1S/C18H24N2O3/c1-12(2)11-16-17(19-13-6-8-14(22-3)9-7-13)23-18(21)15-5-4-10-20(15)16/h6-9,12,15-16H,4-5,10-11H2,1-3H3/t15?,16-/m0/s1. The molecular weight excluding hydrogens is 292 g/mol. The van der Waals surface area contributed by atoms with Crippen LogP contribution >= 0.6 is 0 Å². The van der Waals surface area contributed by atoms with Crippen LogP contribution in [0.2, 0.25) is 0 Å². The van der Waals surface area contributed by atoms with Crippen molar-refractivity contribution in [2.45, 2.75) is 45.2 Å². The molecule has 1 aromatic rings. The number of hydrogen-bond acceptors (Lipinski definition) is 5. The van der Waals surface area contributed by atoms with E-state index < -0.39 is 0 Å². The number of benzene rings is 1. The summed E-state index contributed by atoms with van der Waals surface area (Å²) < 4.78 is 10.8. The summed E-state index contributed by atoms with van der Waals surface area (Å²) >= 11 is 0. The van der Waals surface area contributed by atoms with Crippen LogP contribution in [0.15, 0.2) is 29.3 Å². The molecule has 0 aromatic heterocycles. The number of methoxy groups -OCH3 is 1. The fourth-order valence-electron chi connectivity index (χ4n) is 3.36. The minimum absolute atomic E-state index is 0.0855. The SMILES string of the molecule is COc1ccc(N=C2OC(=O)C3CCCN3[C@H]2CC(C)C)cc1. The van der Waals surface area contributed by atoms with Crippen molar-refractivity contribution in [2.75, 3.05) is 13.7 Å². The number of esters is 1. The summed E-state index contributed by atoms with van der Waals surface area (Å²) in [5, 5.41) is 0. The van der Waals surface area contributed by atoms with Crippen LogP contribution in [-0.4, -0.2) is 42.5 Å². The van der Waals surface area contributed by atoms with E-state index in [1.165, 1.54) is 0 Å². The molecule has 2 saturated heterocycles. The van der Waals surface area contributed by atoms with Gasteiger partial charge in [-0.05, 0) is 56.0 Å². The molecule has 0 N–H and O–H groups in total. The lowest BCUT2D eigenvalue weighted by Gasteiger charge is -2.37. The van der Waals surface area contributed by atoms with Crippen LogP contribution in [0.25, 0.3) is 0 Å².